The van der Waals surface area contributed by atoms with E-state index in [9.17, 15) is 14.4 Å². The van der Waals surface area contributed by atoms with Crippen molar-refractivity contribution in [1.29, 1.82) is 0 Å². The lowest BCUT2D eigenvalue weighted by atomic mass is 9.88. The number of alkyl carbamates (subject to hydrolysis) is 1. The molecule has 1 aliphatic rings. The fourth-order valence-electron chi connectivity index (χ4n) is 2.97. The van der Waals surface area contributed by atoms with Gasteiger partial charge in [-0.25, -0.2) is 4.79 Å². The Morgan fingerprint density at radius 1 is 1.32 bits per heavy atom. The summed E-state index contributed by atoms with van der Waals surface area (Å²) in [6.07, 6.45) is 2.30. The van der Waals surface area contributed by atoms with E-state index in [4.69, 9.17) is 10.5 Å². The molecule has 1 aromatic heterocycles. The van der Waals surface area contributed by atoms with Crippen molar-refractivity contribution in [2.75, 3.05) is 23.4 Å². The number of nitrogens with two attached hydrogens (primary N) is 1. The molecule has 28 heavy (non-hydrogen) atoms. The second-order valence-electron chi connectivity index (χ2n) is 7.95. The van der Waals surface area contributed by atoms with Crippen LogP contribution in [0.4, 0.5) is 9.80 Å². The van der Waals surface area contributed by atoms with E-state index in [0.717, 1.165) is 29.7 Å². The Balaban J connectivity index is 1.81. The van der Waals surface area contributed by atoms with Gasteiger partial charge in [0.2, 0.25) is 5.91 Å². The van der Waals surface area contributed by atoms with Crippen molar-refractivity contribution in [2.45, 2.75) is 52.6 Å². The highest BCUT2D eigenvalue weighted by molar-refractivity contribution is 7.99. The van der Waals surface area contributed by atoms with Crippen molar-refractivity contribution in [2.24, 2.45) is 11.7 Å². The number of thioether (sulfide) groups is 1. The van der Waals surface area contributed by atoms with E-state index in [0.29, 0.717) is 28.8 Å². The van der Waals surface area contributed by atoms with Gasteiger partial charge in [0, 0.05) is 17.2 Å². The van der Waals surface area contributed by atoms with Crippen LogP contribution in [0.1, 0.15) is 54.9 Å². The number of carbonyl (C=O) groups is 3. The zero-order valence-electron chi connectivity index (χ0n) is 16.8. The molecule has 2 rings (SSSR count). The van der Waals surface area contributed by atoms with Gasteiger partial charge in [0.1, 0.15) is 10.6 Å². The zero-order valence-corrected chi connectivity index (χ0v) is 18.5. The van der Waals surface area contributed by atoms with Crippen molar-refractivity contribution in [3.8, 4) is 0 Å². The molecule has 4 N–H and O–H groups in total. The third kappa shape index (κ3) is 6.70. The first kappa shape index (κ1) is 22.5. The highest BCUT2D eigenvalue weighted by atomic mass is 32.2. The van der Waals surface area contributed by atoms with Gasteiger partial charge >= 0.3 is 6.09 Å². The van der Waals surface area contributed by atoms with Crippen LogP contribution in [0, 0.1) is 5.92 Å². The molecule has 0 saturated heterocycles. The van der Waals surface area contributed by atoms with Crippen LogP contribution in [0.3, 0.4) is 0 Å². The Bertz CT molecular complexity index is 740. The molecule has 0 radical (unpaired) electrons. The Hall–Kier alpha value is -1.74. The monoisotopic (exact) mass is 427 g/mol. The predicted octanol–water partition coefficient (Wildman–Crippen LogP) is 3.17. The molecule has 0 fully saturated rings. The number of ether oxygens (including phenoxy) is 1. The maximum Gasteiger partial charge on any atom is 0.407 e. The van der Waals surface area contributed by atoms with Crippen LogP contribution >= 0.6 is 23.1 Å². The Labute approximate surface area is 174 Å². The van der Waals surface area contributed by atoms with Gasteiger partial charge in [-0.3, -0.25) is 9.59 Å². The summed E-state index contributed by atoms with van der Waals surface area (Å²) in [5.41, 5.74) is 6.50. The van der Waals surface area contributed by atoms with Gasteiger partial charge in [0.05, 0.1) is 11.3 Å². The second-order valence-corrected chi connectivity index (χ2v) is 10.2. The van der Waals surface area contributed by atoms with Crippen LogP contribution in [0.2, 0.25) is 0 Å². The number of anilines is 1. The van der Waals surface area contributed by atoms with Gasteiger partial charge in [-0.05, 0) is 51.5 Å². The number of hydrogen-bond donors (Lipinski definition) is 3. The van der Waals surface area contributed by atoms with Crippen LogP contribution in [0.25, 0.3) is 0 Å². The number of hydrogen-bond acceptors (Lipinski definition) is 6. The van der Waals surface area contributed by atoms with Crippen molar-refractivity contribution in [3.63, 3.8) is 0 Å². The number of nitrogens with one attached hydrogen (secondary N) is 2. The van der Waals surface area contributed by atoms with Crippen LogP contribution in [0.15, 0.2) is 0 Å². The number of carbonyl (C=O) groups excluding carboxylic acids is 3. The molecule has 0 aliphatic heterocycles. The van der Waals surface area contributed by atoms with Gasteiger partial charge in [0.15, 0.2) is 0 Å². The van der Waals surface area contributed by atoms with E-state index in [1.54, 1.807) is 20.8 Å². The third-order valence-electron chi connectivity index (χ3n) is 4.16. The minimum absolute atomic E-state index is 0.184. The smallest absolute Gasteiger partial charge is 0.407 e. The van der Waals surface area contributed by atoms with E-state index < -0.39 is 17.6 Å². The maximum absolute atomic E-state index is 12.3. The molecule has 7 nitrogen and oxygen atoms in total. The van der Waals surface area contributed by atoms with Crippen LogP contribution < -0.4 is 16.4 Å². The lowest BCUT2D eigenvalue weighted by molar-refractivity contribution is -0.113. The normalized spacial score (nSPS) is 16.2. The number of amides is 3. The summed E-state index contributed by atoms with van der Waals surface area (Å²) in [7, 11) is 0. The summed E-state index contributed by atoms with van der Waals surface area (Å²) in [6.45, 7) is 8.00. The summed E-state index contributed by atoms with van der Waals surface area (Å²) in [5, 5.41) is 6.05. The van der Waals surface area contributed by atoms with E-state index in [2.05, 4.69) is 17.6 Å². The molecule has 1 atom stereocenters. The number of fused-ring (bicyclic) bond motifs is 1. The Kier molecular flexibility index (Phi) is 7.77. The fourth-order valence-corrected chi connectivity index (χ4v) is 5.05. The van der Waals surface area contributed by atoms with Crippen LogP contribution in [-0.2, 0) is 22.4 Å². The molecule has 1 heterocycles. The molecule has 156 valence electrons. The van der Waals surface area contributed by atoms with Gasteiger partial charge < -0.3 is 21.1 Å². The third-order valence-corrected chi connectivity index (χ3v) is 6.29. The fraction of sp³-hybridized carbons (Fsp3) is 0.632. The van der Waals surface area contributed by atoms with Gasteiger partial charge in [-0.15, -0.1) is 11.3 Å². The van der Waals surface area contributed by atoms with Gasteiger partial charge in [0.25, 0.3) is 5.91 Å². The molecule has 0 aromatic carbocycles. The highest BCUT2D eigenvalue weighted by Gasteiger charge is 2.27. The summed E-state index contributed by atoms with van der Waals surface area (Å²) in [6, 6.07) is 0. The van der Waals surface area contributed by atoms with Crippen molar-refractivity contribution >= 4 is 46.0 Å². The minimum Gasteiger partial charge on any atom is -0.444 e. The average molecular weight is 428 g/mol. The van der Waals surface area contributed by atoms with E-state index >= 15 is 0 Å². The van der Waals surface area contributed by atoms with Crippen LogP contribution in [0.5, 0.6) is 0 Å². The Morgan fingerprint density at radius 2 is 2.04 bits per heavy atom. The van der Waals surface area contributed by atoms with Crippen molar-refractivity contribution in [1.82, 2.24) is 5.32 Å². The first-order valence-electron chi connectivity index (χ1n) is 9.35. The lowest BCUT2D eigenvalue weighted by Crippen LogP contribution is -2.33. The summed E-state index contributed by atoms with van der Waals surface area (Å²) in [4.78, 5) is 36.9. The highest BCUT2D eigenvalue weighted by Crippen LogP contribution is 2.39. The molecule has 0 bridgehead atoms. The molecule has 0 saturated carbocycles. The number of primary amides is 1. The molecular weight excluding hydrogens is 398 g/mol. The molecular formula is C19H29N3O4S2. The van der Waals surface area contributed by atoms with Crippen molar-refractivity contribution in [3.05, 3.63) is 16.0 Å². The SMILES string of the molecule is CC1CCc2c(sc(NC(=O)CSCCNC(=O)OC(C)(C)C)c2C(N)=O)C1. The lowest BCUT2D eigenvalue weighted by Gasteiger charge is -2.19. The summed E-state index contributed by atoms with van der Waals surface area (Å²) in [5.74, 6) is 0.706. The molecule has 1 unspecified atom stereocenters. The van der Waals surface area contributed by atoms with Crippen molar-refractivity contribution < 1.29 is 19.1 Å². The zero-order chi connectivity index (χ0) is 20.9. The van der Waals surface area contributed by atoms with E-state index in [-0.39, 0.29) is 11.7 Å². The van der Waals surface area contributed by atoms with E-state index in [1.807, 2.05) is 0 Å². The largest absolute Gasteiger partial charge is 0.444 e. The van der Waals surface area contributed by atoms with E-state index in [1.165, 1.54) is 23.1 Å². The second kappa shape index (κ2) is 9.65. The summed E-state index contributed by atoms with van der Waals surface area (Å²) >= 11 is 2.86. The maximum atomic E-state index is 12.3. The number of thiophene rings is 1. The quantitative estimate of drug-likeness (QED) is 0.579. The topological polar surface area (TPSA) is 111 Å². The van der Waals surface area contributed by atoms with Gasteiger partial charge in [-0.1, -0.05) is 6.92 Å². The first-order valence-corrected chi connectivity index (χ1v) is 11.3. The molecule has 1 aromatic rings. The number of rotatable bonds is 7. The van der Waals surface area contributed by atoms with Crippen LogP contribution in [-0.4, -0.2) is 41.6 Å². The molecule has 3 amide bonds. The molecule has 9 heteroatoms. The molecule has 0 spiro atoms. The Morgan fingerprint density at radius 3 is 2.68 bits per heavy atom. The summed E-state index contributed by atoms with van der Waals surface area (Å²) < 4.78 is 5.15. The molecule has 1 aliphatic carbocycles. The predicted molar refractivity (Wildman–Crippen MR) is 114 cm³/mol. The first-order chi connectivity index (χ1) is 13.1. The average Bonchev–Trinajstić information content (AvgIpc) is 2.89. The van der Waals surface area contributed by atoms with Gasteiger partial charge in [-0.2, -0.15) is 11.8 Å². The minimum atomic E-state index is -0.535. The standard InChI is InChI=1S/C19H29N3O4S2/c1-11-5-6-12-13(9-11)28-17(15(12)16(20)24)22-14(23)10-27-8-7-21-18(25)26-19(2,3)4/h11H,5-10H2,1-4H3,(H2,20,24)(H,21,25)(H,22,23).